The molecule has 0 spiro atoms. The summed E-state index contributed by atoms with van der Waals surface area (Å²) in [5.41, 5.74) is 0.512. The number of aliphatic carboxylic acids is 1. The van der Waals surface area contributed by atoms with Crippen molar-refractivity contribution in [3.05, 3.63) is 28.8 Å². The molecule has 5 heteroatoms. The van der Waals surface area contributed by atoms with Gasteiger partial charge in [-0.25, -0.2) is 8.78 Å². The number of halogens is 2. The molecule has 0 radical (unpaired) electrons. The van der Waals surface area contributed by atoms with Crippen LogP contribution in [0.4, 0.5) is 8.78 Å². The number of carboxylic acids is 1. The van der Waals surface area contributed by atoms with E-state index in [4.69, 9.17) is 9.84 Å². The lowest BCUT2D eigenvalue weighted by molar-refractivity contribution is -0.136. The minimum absolute atomic E-state index is 0.0176. The Morgan fingerprint density at radius 2 is 2.19 bits per heavy atom. The highest BCUT2D eigenvalue weighted by Gasteiger charge is 2.24. The highest BCUT2D eigenvalue weighted by atomic mass is 19.1. The van der Waals surface area contributed by atoms with Crippen molar-refractivity contribution in [2.45, 2.75) is 19.3 Å². The van der Waals surface area contributed by atoms with Crippen molar-refractivity contribution in [1.82, 2.24) is 0 Å². The Morgan fingerprint density at radius 3 is 2.88 bits per heavy atom. The molecule has 1 aromatic carbocycles. The third-order valence-electron chi connectivity index (χ3n) is 2.57. The van der Waals surface area contributed by atoms with Crippen molar-refractivity contribution in [1.29, 1.82) is 0 Å². The molecule has 0 aliphatic carbocycles. The molecular weight excluding hydrogens is 218 g/mol. The number of benzene rings is 1. The Balaban J connectivity index is 2.37. The standard InChI is InChI=1S/C11H10F2O3/c12-8-5-9(13)7-3-4-16-11(7)6(8)1-2-10(14)15/h5H,1-4H2,(H,14,15). The summed E-state index contributed by atoms with van der Waals surface area (Å²) in [7, 11) is 0. The molecule has 0 bridgehead atoms. The van der Waals surface area contributed by atoms with Crippen LogP contribution in [0.15, 0.2) is 6.07 Å². The van der Waals surface area contributed by atoms with Crippen molar-refractivity contribution in [2.75, 3.05) is 6.61 Å². The average Bonchev–Trinajstić information content (AvgIpc) is 2.65. The highest BCUT2D eigenvalue weighted by molar-refractivity contribution is 5.67. The van der Waals surface area contributed by atoms with Crippen molar-refractivity contribution < 1.29 is 23.4 Å². The maximum atomic E-state index is 13.4. The molecule has 2 rings (SSSR count). The van der Waals surface area contributed by atoms with Gasteiger partial charge in [-0.2, -0.15) is 0 Å². The summed E-state index contributed by atoms with van der Waals surface area (Å²) >= 11 is 0. The van der Waals surface area contributed by atoms with Crippen molar-refractivity contribution in [2.24, 2.45) is 0 Å². The van der Waals surface area contributed by atoms with E-state index in [1.807, 2.05) is 0 Å². The number of hydrogen-bond donors (Lipinski definition) is 1. The molecule has 3 nitrogen and oxygen atoms in total. The molecule has 1 aliphatic rings. The van der Waals surface area contributed by atoms with Crippen LogP contribution in [0.1, 0.15) is 17.5 Å². The highest BCUT2D eigenvalue weighted by Crippen LogP contribution is 2.34. The van der Waals surface area contributed by atoms with Crippen LogP contribution in [0, 0.1) is 11.6 Å². The van der Waals surface area contributed by atoms with Gasteiger partial charge >= 0.3 is 5.97 Å². The first-order valence-corrected chi connectivity index (χ1v) is 4.94. The largest absolute Gasteiger partial charge is 0.492 e. The van der Waals surface area contributed by atoms with Crippen LogP contribution in [0.3, 0.4) is 0 Å². The molecule has 0 aromatic heterocycles. The second-order valence-corrected chi connectivity index (χ2v) is 3.62. The van der Waals surface area contributed by atoms with Crippen LogP contribution >= 0.6 is 0 Å². The van der Waals surface area contributed by atoms with Gasteiger partial charge in [0.15, 0.2) is 0 Å². The zero-order valence-corrected chi connectivity index (χ0v) is 8.43. The topological polar surface area (TPSA) is 46.5 Å². The molecule has 1 N–H and O–H groups in total. The zero-order valence-electron chi connectivity index (χ0n) is 8.43. The van der Waals surface area contributed by atoms with E-state index in [0.29, 0.717) is 18.6 Å². The first kappa shape index (κ1) is 10.9. The van der Waals surface area contributed by atoms with Crippen LogP contribution < -0.4 is 4.74 Å². The van der Waals surface area contributed by atoms with Crippen LogP contribution in [0.5, 0.6) is 5.75 Å². The van der Waals surface area contributed by atoms with E-state index in [0.717, 1.165) is 6.07 Å². The lowest BCUT2D eigenvalue weighted by Crippen LogP contribution is -2.02. The lowest BCUT2D eigenvalue weighted by Gasteiger charge is -2.08. The first-order chi connectivity index (χ1) is 7.59. The number of carbonyl (C=O) groups is 1. The van der Waals surface area contributed by atoms with E-state index in [9.17, 15) is 13.6 Å². The molecule has 16 heavy (non-hydrogen) atoms. The molecule has 0 saturated carbocycles. The summed E-state index contributed by atoms with van der Waals surface area (Å²) in [6, 6.07) is 0.796. The van der Waals surface area contributed by atoms with Crippen molar-refractivity contribution in [3.63, 3.8) is 0 Å². The summed E-state index contributed by atoms with van der Waals surface area (Å²) < 4.78 is 31.9. The number of ether oxygens (including phenoxy) is 1. The van der Waals surface area contributed by atoms with E-state index in [1.165, 1.54) is 0 Å². The van der Waals surface area contributed by atoms with Gasteiger partial charge in [-0.05, 0) is 6.42 Å². The van der Waals surface area contributed by atoms with Gasteiger partial charge in [-0.15, -0.1) is 0 Å². The number of hydrogen-bond acceptors (Lipinski definition) is 2. The molecule has 0 saturated heterocycles. The Hall–Kier alpha value is -1.65. The fourth-order valence-corrected chi connectivity index (χ4v) is 1.81. The van der Waals surface area contributed by atoms with Crippen LogP contribution in [0.25, 0.3) is 0 Å². The average molecular weight is 228 g/mol. The van der Waals surface area contributed by atoms with Gasteiger partial charge in [0, 0.05) is 30.0 Å². The smallest absolute Gasteiger partial charge is 0.303 e. The Morgan fingerprint density at radius 1 is 1.44 bits per heavy atom. The molecule has 86 valence electrons. The number of rotatable bonds is 3. The summed E-state index contributed by atoms with van der Waals surface area (Å²) in [5.74, 6) is -2.18. The maximum Gasteiger partial charge on any atom is 0.303 e. The SMILES string of the molecule is O=C(O)CCc1c(F)cc(F)c2c1OCC2. The Labute approximate surface area is 90.7 Å². The summed E-state index contributed by atoms with van der Waals surface area (Å²) in [4.78, 5) is 10.4. The second kappa shape index (κ2) is 4.08. The minimum atomic E-state index is -1.02. The lowest BCUT2D eigenvalue weighted by atomic mass is 10.0. The van der Waals surface area contributed by atoms with Gasteiger partial charge in [0.05, 0.1) is 6.61 Å². The molecule has 0 unspecified atom stereocenters. The van der Waals surface area contributed by atoms with E-state index < -0.39 is 17.6 Å². The predicted octanol–water partition coefficient (Wildman–Crippen LogP) is 1.92. The van der Waals surface area contributed by atoms with Gasteiger partial charge in [0.25, 0.3) is 0 Å². The van der Waals surface area contributed by atoms with E-state index in [1.54, 1.807) is 0 Å². The minimum Gasteiger partial charge on any atom is -0.492 e. The molecule has 1 aliphatic heterocycles. The van der Waals surface area contributed by atoms with E-state index in [-0.39, 0.29) is 24.2 Å². The van der Waals surface area contributed by atoms with Crippen LogP contribution in [-0.4, -0.2) is 17.7 Å². The number of carboxylic acid groups (broad SMARTS) is 1. The molecule has 0 fully saturated rings. The Kier molecular flexibility index (Phi) is 2.77. The molecule has 1 aromatic rings. The van der Waals surface area contributed by atoms with Crippen LogP contribution in [0.2, 0.25) is 0 Å². The monoisotopic (exact) mass is 228 g/mol. The fraction of sp³-hybridized carbons (Fsp3) is 0.364. The van der Waals surface area contributed by atoms with Crippen LogP contribution in [-0.2, 0) is 17.6 Å². The second-order valence-electron chi connectivity index (χ2n) is 3.62. The third-order valence-corrected chi connectivity index (χ3v) is 2.57. The third kappa shape index (κ3) is 1.85. The van der Waals surface area contributed by atoms with E-state index >= 15 is 0 Å². The normalized spacial score (nSPS) is 13.4. The van der Waals surface area contributed by atoms with Gasteiger partial charge in [-0.3, -0.25) is 4.79 Å². The number of fused-ring (bicyclic) bond motifs is 1. The summed E-state index contributed by atoms with van der Waals surface area (Å²) in [6.07, 6.45) is 0.226. The first-order valence-electron chi connectivity index (χ1n) is 4.94. The fourth-order valence-electron chi connectivity index (χ4n) is 1.81. The molecule has 0 atom stereocenters. The summed E-state index contributed by atoms with van der Waals surface area (Å²) in [5, 5.41) is 8.53. The van der Waals surface area contributed by atoms with Gasteiger partial charge in [0.1, 0.15) is 17.4 Å². The van der Waals surface area contributed by atoms with Crippen molar-refractivity contribution in [3.8, 4) is 5.75 Å². The van der Waals surface area contributed by atoms with Crippen molar-refractivity contribution >= 4 is 5.97 Å². The van der Waals surface area contributed by atoms with Gasteiger partial charge in [0.2, 0.25) is 0 Å². The maximum absolute atomic E-state index is 13.4. The predicted molar refractivity (Wildman–Crippen MR) is 51.5 cm³/mol. The van der Waals surface area contributed by atoms with Gasteiger partial charge in [-0.1, -0.05) is 0 Å². The molecule has 0 amide bonds. The Bertz CT molecular complexity index is 443. The zero-order chi connectivity index (χ0) is 11.7. The molecular formula is C11H10F2O3. The van der Waals surface area contributed by atoms with E-state index in [2.05, 4.69) is 0 Å². The summed E-state index contributed by atoms with van der Waals surface area (Å²) in [6.45, 7) is 0.315. The quantitative estimate of drug-likeness (QED) is 0.859. The van der Waals surface area contributed by atoms with Gasteiger partial charge < -0.3 is 9.84 Å². The molecule has 1 heterocycles.